The molecule has 0 bridgehead atoms. The lowest BCUT2D eigenvalue weighted by Gasteiger charge is -2.25. The number of amides is 1. The van der Waals surface area contributed by atoms with Crippen molar-refractivity contribution < 1.29 is 32.9 Å². The van der Waals surface area contributed by atoms with E-state index in [1.807, 2.05) is 27.2 Å². The van der Waals surface area contributed by atoms with Gasteiger partial charge >= 0.3 is 7.82 Å². The van der Waals surface area contributed by atoms with Gasteiger partial charge in [-0.25, -0.2) is 4.57 Å². The predicted molar refractivity (Wildman–Crippen MR) is 272 cm³/mol. The largest absolute Gasteiger partial charge is 0.472 e. The summed E-state index contributed by atoms with van der Waals surface area (Å²) in [4.78, 5) is 23.2. The third-order valence-electron chi connectivity index (χ3n) is 11.8. The van der Waals surface area contributed by atoms with Gasteiger partial charge in [0.15, 0.2) is 0 Å². The van der Waals surface area contributed by atoms with Crippen LogP contribution in [0.25, 0.3) is 0 Å². The molecule has 0 saturated heterocycles. The minimum absolute atomic E-state index is 0.0583. The van der Waals surface area contributed by atoms with Gasteiger partial charge in [-0.2, -0.15) is 0 Å². The molecule has 0 fully saturated rings. The van der Waals surface area contributed by atoms with Gasteiger partial charge in [-0.3, -0.25) is 13.8 Å². The van der Waals surface area contributed by atoms with Gasteiger partial charge in [0, 0.05) is 6.42 Å². The second-order valence-electron chi connectivity index (χ2n) is 19.2. The summed E-state index contributed by atoms with van der Waals surface area (Å²) in [6, 6.07) is -0.853. The summed E-state index contributed by atoms with van der Waals surface area (Å²) in [5.41, 5.74) is 0. The molecule has 0 aliphatic heterocycles. The van der Waals surface area contributed by atoms with Gasteiger partial charge in [0.1, 0.15) is 13.2 Å². The van der Waals surface area contributed by atoms with Crippen LogP contribution in [-0.2, 0) is 18.4 Å². The van der Waals surface area contributed by atoms with Crippen LogP contribution >= 0.6 is 7.82 Å². The number of aliphatic hydroxyl groups is 1. The van der Waals surface area contributed by atoms with E-state index in [1.54, 1.807) is 6.08 Å². The van der Waals surface area contributed by atoms with Gasteiger partial charge in [0.25, 0.3) is 0 Å². The molecule has 8 nitrogen and oxygen atoms in total. The number of carbonyl (C=O) groups excluding carboxylic acids is 1. The quantitative estimate of drug-likeness (QED) is 0.0243. The molecule has 370 valence electrons. The molecule has 0 radical (unpaired) electrons. The number of quaternary nitrogens is 1. The van der Waals surface area contributed by atoms with Gasteiger partial charge < -0.3 is 19.8 Å². The van der Waals surface area contributed by atoms with E-state index >= 15 is 0 Å². The molecule has 3 unspecified atom stereocenters. The summed E-state index contributed by atoms with van der Waals surface area (Å²) in [7, 11) is 1.56. The van der Waals surface area contributed by atoms with E-state index in [0.717, 1.165) is 64.2 Å². The number of unbranched alkanes of at least 4 members (excludes halogenated alkanes) is 29. The van der Waals surface area contributed by atoms with Crippen molar-refractivity contribution in [2.24, 2.45) is 0 Å². The zero-order valence-corrected chi connectivity index (χ0v) is 43.0. The maximum atomic E-state index is 12.9. The van der Waals surface area contributed by atoms with Crippen molar-refractivity contribution in [3.63, 3.8) is 0 Å². The molecule has 3 atom stereocenters. The maximum Gasteiger partial charge on any atom is 0.472 e. The highest BCUT2D eigenvalue weighted by atomic mass is 31.2. The van der Waals surface area contributed by atoms with Crippen LogP contribution in [0.1, 0.15) is 239 Å². The highest BCUT2D eigenvalue weighted by Gasteiger charge is 2.27. The number of rotatable bonds is 48. The number of nitrogens with zero attached hydrogens (tertiary/aromatic N) is 1. The number of likely N-dealkylation sites (N-methyl/N-ethyl adjacent to an activating group) is 1. The first-order valence-corrected chi connectivity index (χ1v) is 28.0. The van der Waals surface area contributed by atoms with Crippen LogP contribution in [0.5, 0.6) is 0 Å². The van der Waals surface area contributed by atoms with Crippen molar-refractivity contribution >= 4 is 13.7 Å². The van der Waals surface area contributed by atoms with Gasteiger partial charge in [0.05, 0.1) is 39.9 Å². The smallest absolute Gasteiger partial charge is 0.387 e. The van der Waals surface area contributed by atoms with Crippen LogP contribution in [0.2, 0.25) is 0 Å². The third-order valence-corrected chi connectivity index (χ3v) is 12.8. The Balaban J connectivity index is 4.27. The van der Waals surface area contributed by atoms with Gasteiger partial charge in [-0.15, -0.1) is 0 Å². The maximum absolute atomic E-state index is 12.9. The molecule has 0 aliphatic rings. The monoisotopic (exact) mass is 908 g/mol. The molecule has 9 heteroatoms. The Kier molecular flexibility index (Phi) is 44.5. The topological polar surface area (TPSA) is 105 Å². The summed E-state index contributed by atoms with van der Waals surface area (Å²) in [6.07, 6.45) is 59.1. The van der Waals surface area contributed by atoms with E-state index in [9.17, 15) is 19.4 Å². The summed E-state index contributed by atoms with van der Waals surface area (Å²) >= 11 is 0. The van der Waals surface area contributed by atoms with Crippen LogP contribution < -0.4 is 5.32 Å². The van der Waals surface area contributed by atoms with Crippen molar-refractivity contribution in [3.8, 4) is 0 Å². The molecule has 0 heterocycles. The van der Waals surface area contributed by atoms with Crippen LogP contribution in [0, 0.1) is 0 Å². The molecule has 1 amide bonds. The lowest BCUT2D eigenvalue weighted by atomic mass is 10.0. The van der Waals surface area contributed by atoms with Gasteiger partial charge in [-0.1, -0.05) is 229 Å². The van der Waals surface area contributed by atoms with Crippen LogP contribution in [-0.4, -0.2) is 73.4 Å². The van der Waals surface area contributed by atoms with Crippen molar-refractivity contribution in [1.82, 2.24) is 5.32 Å². The lowest BCUT2D eigenvalue weighted by molar-refractivity contribution is -0.870. The molecule has 63 heavy (non-hydrogen) atoms. The molecule has 0 spiro atoms. The fourth-order valence-electron chi connectivity index (χ4n) is 7.65. The molecule has 0 aromatic rings. The standard InChI is InChI=1S/C54H103N2O6P/c1-6-8-10-12-14-16-18-20-22-24-25-26-27-28-29-30-32-33-35-37-39-41-43-45-47-53(57)52(51-62-63(59,60)61-50-49-56(3,4)5)55-54(58)48-46-44-42-40-38-36-34-31-23-21-19-17-15-13-11-9-7-2/h9,11,15,17,21,23,45,47,52-53,57H,6-8,10,12-14,16,18-20,22,24-44,46,48-51H2,1-5H3,(H-,55,58,59,60)/p+1/b11-9-,17-15-,23-21-,47-45+. The van der Waals surface area contributed by atoms with Gasteiger partial charge in [-0.05, 0) is 51.4 Å². The zero-order chi connectivity index (χ0) is 46.4. The molecule has 3 N–H and O–H groups in total. The number of carbonyl (C=O) groups is 1. The molecular weight excluding hydrogens is 804 g/mol. The average Bonchev–Trinajstić information content (AvgIpc) is 3.24. The number of hydrogen-bond donors (Lipinski definition) is 3. The predicted octanol–water partition coefficient (Wildman–Crippen LogP) is 15.6. The minimum Gasteiger partial charge on any atom is -0.387 e. The fraction of sp³-hybridized carbons (Fsp3) is 0.833. The van der Waals surface area contributed by atoms with Crippen molar-refractivity contribution in [3.05, 3.63) is 48.6 Å². The van der Waals surface area contributed by atoms with E-state index in [2.05, 4.69) is 55.6 Å². The van der Waals surface area contributed by atoms with E-state index in [4.69, 9.17) is 9.05 Å². The molecular formula is C54H104N2O6P+. The number of phosphoric acid groups is 1. The number of hydrogen-bond acceptors (Lipinski definition) is 5. The first-order valence-electron chi connectivity index (χ1n) is 26.5. The molecule has 0 rings (SSSR count). The molecule has 0 aliphatic carbocycles. The van der Waals surface area contributed by atoms with E-state index < -0.39 is 20.0 Å². The second kappa shape index (κ2) is 45.6. The number of phosphoric ester groups is 1. The SMILES string of the molecule is CC/C=C\C/C=C\C/C=C\CCCCCCCCCC(=O)NC(COP(=O)(O)OCC[N+](C)(C)C)C(O)/C=C/CCCCCCCCCCCCCCCCCCCCCCCC. The van der Waals surface area contributed by atoms with E-state index in [-0.39, 0.29) is 19.1 Å². The number of aliphatic hydroxyl groups excluding tert-OH is 1. The van der Waals surface area contributed by atoms with Crippen LogP contribution in [0.4, 0.5) is 0 Å². The van der Waals surface area contributed by atoms with Crippen molar-refractivity contribution in [2.45, 2.75) is 251 Å². The Morgan fingerprint density at radius 1 is 0.556 bits per heavy atom. The fourth-order valence-corrected chi connectivity index (χ4v) is 8.38. The Hall–Kier alpha value is -1.54. The zero-order valence-electron chi connectivity index (χ0n) is 42.1. The number of allylic oxidation sites excluding steroid dienone is 7. The molecule has 0 aromatic carbocycles. The van der Waals surface area contributed by atoms with E-state index in [0.29, 0.717) is 17.4 Å². The Morgan fingerprint density at radius 3 is 1.40 bits per heavy atom. The Morgan fingerprint density at radius 2 is 0.952 bits per heavy atom. The van der Waals surface area contributed by atoms with Gasteiger partial charge in [0.2, 0.25) is 5.91 Å². The summed E-state index contributed by atoms with van der Waals surface area (Å²) < 4.78 is 23.7. The molecule has 0 saturated carbocycles. The summed E-state index contributed by atoms with van der Waals surface area (Å²) in [6.45, 7) is 4.71. The highest BCUT2D eigenvalue weighted by Crippen LogP contribution is 2.43. The summed E-state index contributed by atoms with van der Waals surface area (Å²) in [5.74, 6) is -0.187. The Bertz CT molecular complexity index is 1170. The molecule has 0 aromatic heterocycles. The van der Waals surface area contributed by atoms with Crippen molar-refractivity contribution in [1.29, 1.82) is 0 Å². The van der Waals surface area contributed by atoms with E-state index in [1.165, 1.54) is 154 Å². The first kappa shape index (κ1) is 61.5. The number of nitrogens with one attached hydrogen (secondary N) is 1. The van der Waals surface area contributed by atoms with Crippen LogP contribution in [0.3, 0.4) is 0 Å². The average molecular weight is 908 g/mol. The Labute approximate surface area is 390 Å². The normalized spacial score (nSPS) is 14.5. The summed E-state index contributed by atoms with van der Waals surface area (Å²) in [5, 5.41) is 13.9. The highest BCUT2D eigenvalue weighted by molar-refractivity contribution is 7.47. The van der Waals surface area contributed by atoms with Crippen LogP contribution in [0.15, 0.2) is 48.6 Å². The third kappa shape index (κ3) is 48.2. The first-order chi connectivity index (χ1) is 30.5. The minimum atomic E-state index is -4.35. The van der Waals surface area contributed by atoms with Crippen molar-refractivity contribution in [2.75, 3.05) is 40.9 Å². The lowest BCUT2D eigenvalue weighted by Crippen LogP contribution is -2.45. The second-order valence-corrected chi connectivity index (χ2v) is 20.7.